The second kappa shape index (κ2) is 6.70. The predicted octanol–water partition coefficient (Wildman–Crippen LogP) is 3.05. The molecule has 7 nitrogen and oxygen atoms in total. The Morgan fingerprint density at radius 2 is 2.17 bits per heavy atom. The van der Waals surface area contributed by atoms with E-state index in [9.17, 15) is 4.79 Å². The number of nitrogens with one attached hydrogen (secondary N) is 1. The van der Waals surface area contributed by atoms with Gasteiger partial charge in [-0.1, -0.05) is 23.2 Å². The zero-order valence-corrected chi connectivity index (χ0v) is 14.5. The van der Waals surface area contributed by atoms with Crippen LogP contribution in [0.2, 0.25) is 10.0 Å². The molecular weight excluding hydrogens is 353 g/mol. The Labute approximate surface area is 148 Å². The van der Waals surface area contributed by atoms with E-state index in [0.717, 1.165) is 0 Å². The minimum Gasteiger partial charge on any atom is -0.459 e. The van der Waals surface area contributed by atoms with Crippen molar-refractivity contribution in [1.29, 1.82) is 0 Å². The summed E-state index contributed by atoms with van der Waals surface area (Å²) < 4.78 is 6.62. The standard InChI is InChI=1S/C15H15Cl2N5O2/c1-9(2)19-15(23)11-6-21(13-4-3-10(16)5-12(13)17)20-14(11)22-8-24-7-18-22/h3-7,9H,8H2,1-2H3,(H,19,23). The van der Waals surface area contributed by atoms with Crippen LogP contribution in [0.1, 0.15) is 24.2 Å². The van der Waals surface area contributed by atoms with Crippen LogP contribution in [-0.4, -0.2) is 34.9 Å². The minimum absolute atomic E-state index is 0.00820. The molecule has 1 aromatic carbocycles. The highest BCUT2D eigenvalue weighted by molar-refractivity contribution is 6.35. The lowest BCUT2D eigenvalue weighted by molar-refractivity contribution is 0.0943. The second-order valence-corrected chi connectivity index (χ2v) is 6.29. The van der Waals surface area contributed by atoms with Gasteiger partial charge < -0.3 is 10.1 Å². The Kier molecular flexibility index (Phi) is 4.64. The lowest BCUT2D eigenvalue weighted by atomic mass is 10.2. The van der Waals surface area contributed by atoms with Crippen LogP contribution in [-0.2, 0) is 4.74 Å². The van der Waals surface area contributed by atoms with Crippen LogP contribution < -0.4 is 10.3 Å². The molecule has 2 aromatic rings. The summed E-state index contributed by atoms with van der Waals surface area (Å²) in [4.78, 5) is 12.5. The molecule has 3 rings (SSSR count). The molecule has 2 heterocycles. The topological polar surface area (TPSA) is 71.8 Å². The van der Waals surface area contributed by atoms with E-state index in [4.69, 9.17) is 27.9 Å². The molecule has 1 aliphatic rings. The Morgan fingerprint density at radius 1 is 1.38 bits per heavy atom. The van der Waals surface area contributed by atoms with E-state index in [0.29, 0.717) is 27.1 Å². The number of ether oxygens (including phenoxy) is 1. The molecule has 0 aliphatic carbocycles. The molecule has 0 saturated carbocycles. The van der Waals surface area contributed by atoms with Crippen LogP contribution in [0.25, 0.3) is 5.69 Å². The average molecular weight is 368 g/mol. The summed E-state index contributed by atoms with van der Waals surface area (Å²) in [6, 6.07) is 5.04. The van der Waals surface area contributed by atoms with Crippen molar-refractivity contribution in [2.24, 2.45) is 5.10 Å². The third-order valence-electron chi connectivity index (χ3n) is 3.22. The van der Waals surface area contributed by atoms with Crippen LogP contribution in [0.3, 0.4) is 0 Å². The first-order chi connectivity index (χ1) is 11.5. The fraction of sp³-hybridized carbons (Fsp3) is 0.267. The first-order valence-corrected chi connectivity index (χ1v) is 7.99. The summed E-state index contributed by atoms with van der Waals surface area (Å²) >= 11 is 12.2. The Morgan fingerprint density at radius 3 is 2.79 bits per heavy atom. The van der Waals surface area contributed by atoms with Crippen molar-refractivity contribution in [2.45, 2.75) is 19.9 Å². The van der Waals surface area contributed by atoms with Gasteiger partial charge in [-0.25, -0.2) is 9.69 Å². The highest BCUT2D eigenvalue weighted by Crippen LogP contribution is 2.27. The van der Waals surface area contributed by atoms with E-state index >= 15 is 0 Å². The van der Waals surface area contributed by atoms with Gasteiger partial charge in [0.25, 0.3) is 5.91 Å². The fourth-order valence-electron chi connectivity index (χ4n) is 2.19. The number of aromatic nitrogens is 2. The third-order valence-corrected chi connectivity index (χ3v) is 3.76. The number of carbonyl (C=O) groups excluding carboxylic acids is 1. The van der Waals surface area contributed by atoms with Crippen molar-refractivity contribution < 1.29 is 9.53 Å². The van der Waals surface area contributed by atoms with Gasteiger partial charge >= 0.3 is 0 Å². The Hall–Kier alpha value is -2.25. The Bertz CT molecular complexity index is 803. The molecule has 1 N–H and O–H groups in total. The van der Waals surface area contributed by atoms with E-state index < -0.39 is 0 Å². The number of anilines is 1. The number of hydrazone groups is 1. The van der Waals surface area contributed by atoms with E-state index in [-0.39, 0.29) is 18.7 Å². The summed E-state index contributed by atoms with van der Waals surface area (Å²) in [5.74, 6) is 0.131. The number of rotatable bonds is 4. The highest BCUT2D eigenvalue weighted by atomic mass is 35.5. The van der Waals surface area contributed by atoms with Gasteiger partial charge in [-0.2, -0.15) is 0 Å². The fourth-order valence-corrected chi connectivity index (χ4v) is 2.68. The highest BCUT2D eigenvalue weighted by Gasteiger charge is 2.24. The molecule has 24 heavy (non-hydrogen) atoms. The molecule has 0 saturated heterocycles. The first-order valence-electron chi connectivity index (χ1n) is 7.23. The maximum Gasteiger partial charge on any atom is 0.256 e. The van der Waals surface area contributed by atoms with E-state index in [1.165, 1.54) is 16.1 Å². The monoisotopic (exact) mass is 367 g/mol. The van der Waals surface area contributed by atoms with Gasteiger partial charge in [0.2, 0.25) is 0 Å². The van der Waals surface area contributed by atoms with Crippen LogP contribution in [0.5, 0.6) is 0 Å². The normalized spacial score (nSPS) is 13.5. The van der Waals surface area contributed by atoms with Crippen molar-refractivity contribution in [3.05, 3.63) is 40.0 Å². The van der Waals surface area contributed by atoms with Gasteiger partial charge in [0.1, 0.15) is 5.56 Å². The third kappa shape index (κ3) is 3.32. The molecule has 1 aromatic heterocycles. The maximum atomic E-state index is 12.5. The largest absolute Gasteiger partial charge is 0.459 e. The van der Waals surface area contributed by atoms with Gasteiger partial charge in [-0.3, -0.25) is 4.79 Å². The number of hydrogen-bond donors (Lipinski definition) is 1. The zero-order valence-electron chi connectivity index (χ0n) is 13.0. The lowest BCUT2D eigenvalue weighted by Crippen LogP contribution is -2.31. The van der Waals surface area contributed by atoms with E-state index in [1.54, 1.807) is 24.4 Å². The van der Waals surface area contributed by atoms with Crippen LogP contribution >= 0.6 is 23.2 Å². The van der Waals surface area contributed by atoms with E-state index in [2.05, 4.69) is 15.5 Å². The predicted molar refractivity (Wildman–Crippen MR) is 93.1 cm³/mol. The number of amides is 1. The molecule has 9 heteroatoms. The zero-order chi connectivity index (χ0) is 17.3. The lowest BCUT2D eigenvalue weighted by Gasteiger charge is -2.11. The average Bonchev–Trinajstić information content (AvgIpc) is 3.15. The van der Waals surface area contributed by atoms with Gasteiger partial charge in [0.05, 0.1) is 10.7 Å². The molecule has 0 atom stereocenters. The number of halogens is 2. The SMILES string of the molecule is CC(C)NC(=O)c1cn(-c2ccc(Cl)cc2Cl)nc1N1COC=N1. The van der Waals surface area contributed by atoms with E-state index in [1.807, 2.05) is 13.8 Å². The molecule has 0 fully saturated rings. The van der Waals surface area contributed by atoms with Gasteiger partial charge in [0.15, 0.2) is 18.9 Å². The number of nitrogens with zero attached hydrogens (tertiary/aromatic N) is 4. The second-order valence-electron chi connectivity index (χ2n) is 5.45. The van der Waals surface area contributed by atoms with Crippen LogP contribution in [0.15, 0.2) is 29.5 Å². The molecule has 126 valence electrons. The Balaban J connectivity index is 2.05. The minimum atomic E-state index is -0.251. The van der Waals surface area contributed by atoms with Gasteiger partial charge in [-0.05, 0) is 32.0 Å². The van der Waals surface area contributed by atoms with Gasteiger partial charge in [0, 0.05) is 17.3 Å². The van der Waals surface area contributed by atoms with Crippen molar-refractivity contribution in [3.63, 3.8) is 0 Å². The molecule has 0 bridgehead atoms. The van der Waals surface area contributed by atoms with Gasteiger partial charge in [-0.15, -0.1) is 10.2 Å². The van der Waals surface area contributed by atoms with Crippen LogP contribution in [0, 0.1) is 0 Å². The van der Waals surface area contributed by atoms with Crippen LogP contribution in [0.4, 0.5) is 5.82 Å². The maximum absolute atomic E-state index is 12.5. The molecule has 0 radical (unpaired) electrons. The number of hydrogen-bond acceptors (Lipinski definition) is 5. The molecule has 0 spiro atoms. The summed E-state index contributed by atoms with van der Waals surface area (Å²) in [6.45, 7) is 3.96. The van der Waals surface area contributed by atoms with Crippen molar-refractivity contribution in [1.82, 2.24) is 15.1 Å². The molecule has 1 amide bonds. The number of benzene rings is 1. The summed E-state index contributed by atoms with van der Waals surface area (Å²) in [5, 5.41) is 13.8. The van der Waals surface area contributed by atoms with Crippen molar-refractivity contribution in [3.8, 4) is 5.69 Å². The smallest absolute Gasteiger partial charge is 0.256 e. The van der Waals surface area contributed by atoms with Crippen molar-refractivity contribution in [2.75, 3.05) is 11.7 Å². The summed E-state index contributed by atoms with van der Waals surface area (Å²) in [5.41, 5.74) is 0.979. The number of carbonyl (C=O) groups is 1. The summed E-state index contributed by atoms with van der Waals surface area (Å²) in [6.07, 6.45) is 2.91. The first kappa shape index (κ1) is 16.6. The quantitative estimate of drug-likeness (QED) is 0.901. The van der Waals surface area contributed by atoms with Crippen molar-refractivity contribution >= 4 is 41.3 Å². The molecule has 0 unspecified atom stereocenters. The summed E-state index contributed by atoms with van der Waals surface area (Å²) in [7, 11) is 0. The molecular formula is C15H15Cl2N5O2. The molecule has 1 aliphatic heterocycles.